The summed E-state index contributed by atoms with van der Waals surface area (Å²) in [6.07, 6.45) is -4.45. The van der Waals surface area contributed by atoms with Crippen molar-refractivity contribution in [1.29, 1.82) is 0 Å². The average Bonchev–Trinajstić information content (AvgIpc) is 3.51. The standard InChI is InChI=1S/C32H43BF3N5O4/c1-31(2)24-9-6-20(12-25(24)33(3)45-31)14-28(42)27(13-19-4-7-23(8-5-19)32(34,35)36)40-30(44)26(39)10-11-29(43)41-17-21(15-37)22(16-38)18-41/h4-9,12,21-22,26-27H,10-11,13-18,37-39H2,1-3H3,(H,40,44)/t21-,22-,26+,27-/m1/s1. The summed E-state index contributed by atoms with van der Waals surface area (Å²) >= 11 is 0. The van der Waals surface area contributed by atoms with Crippen molar-refractivity contribution in [2.75, 3.05) is 26.2 Å². The number of hydrogen-bond acceptors (Lipinski definition) is 7. The molecule has 4 atom stereocenters. The van der Waals surface area contributed by atoms with Crippen molar-refractivity contribution in [3.8, 4) is 0 Å². The molecule has 0 aromatic heterocycles. The molecule has 0 saturated carbocycles. The fourth-order valence-corrected chi connectivity index (χ4v) is 6.33. The topological polar surface area (TPSA) is 154 Å². The molecule has 0 unspecified atom stereocenters. The first-order valence-electron chi connectivity index (χ1n) is 15.4. The van der Waals surface area contributed by atoms with E-state index < -0.39 is 35.3 Å². The molecule has 2 aromatic carbocycles. The summed E-state index contributed by atoms with van der Waals surface area (Å²) in [6, 6.07) is 8.06. The molecule has 1 saturated heterocycles. The van der Waals surface area contributed by atoms with E-state index in [1.54, 1.807) is 4.90 Å². The Kier molecular flexibility index (Phi) is 10.8. The molecule has 2 aliphatic heterocycles. The Hall–Kier alpha value is -3.26. The van der Waals surface area contributed by atoms with Gasteiger partial charge in [-0.25, -0.2) is 0 Å². The predicted octanol–water partition coefficient (Wildman–Crippen LogP) is 1.74. The van der Waals surface area contributed by atoms with Crippen LogP contribution in [0.5, 0.6) is 0 Å². The van der Waals surface area contributed by atoms with E-state index in [2.05, 4.69) is 5.32 Å². The van der Waals surface area contributed by atoms with Gasteiger partial charge in [0, 0.05) is 25.9 Å². The van der Waals surface area contributed by atoms with Gasteiger partial charge in [0.2, 0.25) is 11.8 Å². The molecule has 244 valence electrons. The number of alkyl halides is 3. The lowest BCUT2D eigenvalue weighted by Gasteiger charge is -2.22. The molecule has 2 aromatic rings. The molecule has 2 aliphatic rings. The first-order chi connectivity index (χ1) is 21.1. The minimum atomic E-state index is -4.50. The lowest BCUT2D eigenvalue weighted by molar-refractivity contribution is -0.137. The Labute approximate surface area is 262 Å². The van der Waals surface area contributed by atoms with Crippen LogP contribution in [0, 0.1) is 11.8 Å². The minimum absolute atomic E-state index is 0.0146. The summed E-state index contributed by atoms with van der Waals surface area (Å²) in [5, 5.41) is 2.71. The zero-order chi connectivity index (χ0) is 33.1. The second kappa shape index (κ2) is 14.0. The van der Waals surface area contributed by atoms with Crippen molar-refractivity contribution >= 4 is 30.0 Å². The fourth-order valence-electron chi connectivity index (χ4n) is 6.33. The first-order valence-corrected chi connectivity index (χ1v) is 15.4. The van der Waals surface area contributed by atoms with Gasteiger partial charge < -0.3 is 32.1 Å². The number of hydrogen-bond donors (Lipinski definition) is 4. The normalized spacial score (nSPS) is 20.6. The number of halogens is 3. The van der Waals surface area contributed by atoms with E-state index in [4.69, 9.17) is 21.9 Å². The van der Waals surface area contributed by atoms with Crippen LogP contribution in [0.1, 0.15) is 48.9 Å². The van der Waals surface area contributed by atoms with E-state index in [0.29, 0.717) is 31.7 Å². The van der Waals surface area contributed by atoms with Crippen LogP contribution in [0.15, 0.2) is 42.5 Å². The van der Waals surface area contributed by atoms with Crippen molar-refractivity contribution < 1.29 is 32.2 Å². The molecule has 0 bridgehead atoms. The van der Waals surface area contributed by atoms with Gasteiger partial charge in [0.05, 0.1) is 23.2 Å². The lowest BCUT2D eigenvalue weighted by Crippen LogP contribution is -2.50. The van der Waals surface area contributed by atoms with Crippen LogP contribution in [0.3, 0.4) is 0 Å². The monoisotopic (exact) mass is 629 g/mol. The summed E-state index contributed by atoms with van der Waals surface area (Å²) < 4.78 is 45.4. The second-order valence-electron chi connectivity index (χ2n) is 12.7. The van der Waals surface area contributed by atoms with Crippen LogP contribution in [0.2, 0.25) is 6.82 Å². The van der Waals surface area contributed by atoms with Gasteiger partial charge in [0.25, 0.3) is 0 Å². The number of likely N-dealkylation sites (tertiary alicyclic amines) is 1. The van der Waals surface area contributed by atoms with Crippen LogP contribution in [-0.4, -0.2) is 67.7 Å². The number of amides is 2. The molecule has 2 amide bonds. The number of benzene rings is 2. The van der Waals surface area contributed by atoms with Crippen LogP contribution in [0.25, 0.3) is 0 Å². The molecule has 0 spiro atoms. The van der Waals surface area contributed by atoms with Gasteiger partial charge in [-0.1, -0.05) is 37.2 Å². The van der Waals surface area contributed by atoms with Gasteiger partial charge >= 0.3 is 13.1 Å². The van der Waals surface area contributed by atoms with Crippen LogP contribution < -0.4 is 28.0 Å². The van der Waals surface area contributed by atoms with Crippen molar-refractivity contribution in [2.24, 2.45) is 29.0 Å². The molecular formula is C32H43BF3N5O4. The Morgan fingerprint density at radius 1 is 1.04 bits per heavy atom. The van der Waals surface area contributed by atoms with Crippen LogP contribution in [0.4, 0.5) is 13.2 Å². The van der Waals surface area contributed by atoms with Crippen LogP contribution >= 0.6 is 0 Å². The molecule has 7 N–H and O–H groups in total. The zero-order valence-electron chi connectivity index (χ0n) is 26.0. The maximum absolute atomic E-state index is 13.6. The van der Waals surface area contributed by atoms with E-state index in [1.165, 1.54) is 12.1 Å². The number of Topliss-reactive ketones (excluding diaryl/α,β-unsaturated/α-hetero) is 1. The number of carbonyl (C=O) groups is 3. The number of nitrogens with zero attached hydrogens (tertiary/aromatic N) is 1. The third-order valence-electron chi connectivity index (χ3n) is 9.02. The molecule has 0 aliphatic carbocycles. The number of carbonyl (C=O) groups excluding carboxylic acids is 3. The molecule has 2 heterocycles. The van der Waals surface area contributed by atoms with Crippen LogP contribution in [-0.2, 0) is 43.7 Å². The third kappa shape index (κ3) is 8.32. The van der Waals surface area contributed by atoms with Gasteiger partial charge in [-0.3, -0.25) is 14.4 Å². The van der Waals surface area contributed by atoms with Gasteiger partial charge in [-0.15, -0.1) is 0 Å². The lowest BCUT2D eigenvalue weighted by atomic mass is 9.63. The molecule has 13 heteroatoms. The molecule has 1 fully saturated rings. The summed E-state index contributed by atoms with van der Waals surface area (Å²) in [5.41, 5.74) is 19.7. The van der Waals surface area contributed by atoms with Gasteiger partial charge in [-0.2, -0.15) is 13.2 Å². The smallest absolute Gasteiger partial charge is 0.416 e. The van der Waals surface area contributed by atoms with E-state index >= 15 is 0 Å². The van der Waals surface area contributed by atoms with E-state index in [1.807, 2.05) is 38.9 Å². The number of nitrogens with one attached hydrogen (secondary N) is 1. The maximum Gasteiger partial charge on any atom is 0.416 e. The molecule has 45 heavy (non-hydrogen) atoms. The first kappa shape index (κ1) is 34.6. The highest BCUT2D eigenvalue weighted by Gasteiger charge is 2.38. The third-order valence-corrected chi connectivity index (χ3v) is 9.02. The Bertz CT molecular complexity index is 1380. The summed E-state index contributed by atoms with van der Waals surface area (Å²) in [5.74, 6) is -0.841. The Morgan fingerprint density at radius 3 is 2.22 bits per heavy atom. The van der Waals surface area contributed by atoms with E-state index in [9.17, 15) is 27.6 Å². The van der Waals surface area contributed by atoms with Gasteiger partial charge in [-0.05, 0) is 85.9 Å². The van der Waals surface area contributed by atoms with Gasteiger partial charge in [0.15, 0.2) is 5.78 Å². The van der Waals surface area contributed by atoms with Crippen molar-refractivity contribution in [3.05, 3.63) is 64.7 Å². The Morgan fingerprint density at radius 2 is 1.64 bits per heavy atom. The number of ketones is 1. The van der Waals surface area contributed by atoms with E-state index in [0.717, 1.165) is 28.7 Å². The maximum atomic E-state index is 13.6. The molecule has 0 radical (unpaired) electrons. The quantitative estimate of drug-likeness (QED) is 0.261. The number of fused-ring (bicyclic) bond motifs is 1. The van der Waals surface area contributed by atoms with Crippen molar-refractivity contribution in [1.82, 2.24) is 10.2 Å². The average molecular weight is 630 g/mol. The second-order valence-corrected chi connectivity index (χ2v) is 12.7. The molecular weight excluding hydrogens is 586 g/mol. The van der Waals surface area contributed by atoms with Gasteiger partial charge in [0.1, 0.15) is 0 Å². The summed E-state index contributed by atoms with van der Waals surface area (Å²) in [6.45, 7) is 7.61. The minimum Gasteiger partial charge on any atom is -0.422 e. The SMILES string of the molecule is CB1OC(C)(C)c2ccc(CC(=O)[C@@H](Cc3ccc(C(F)(F)F)cc3)NC(=O)[C@@H](N)CCC(=O)N3C[C@@H](CN)[C@H](CN)C3)cc21. The summed E-state index contributed by atoms with van der Waals surface area (Å²) in [7, 11) is 0. The van der Waals surface area contributed by atoms with Crippen molar-refractivity contribution in [3.63, 3.8) is 0 Å². The Balaban J connectivity index is 1.44. The number of nitrogens with two attached hydrogens (primary N) is 3. The molecule has 9 nitrogen and oxygen atoms in total. The highest BCUT2D eigenvalue weighted by atomic mass is 19.4. The summed E-state index contributed by atoms with van der Waals surface area (Å²) in [4.78, 5) is 41.3. The zero-order valence-corrected chi connectivity index (χ0v) is 26.0. The van der Waals surface area contributed by atoms with E-state index in [-0.39, 0.29) is 56.1 Å². The largest absolute Gasteiger partial charge is 0.422 e. The highest BCUT2D eigenvalue weighted by Crippen LogP contribution is 2.31. The molecule has 4 rings (SSSR count). The fraction of sp³-hybridized carbons (Fsp3) is 0.531. The predicted molar refractivity (Wildman–Crippen MR) is 166 cm³/mol. The number of rotatable bonds is 12. The highest BCUT2D eigenvalue weighted by molar-refractivity contribution is 6.67. The van der Waals surface area contributed by atoms with Crippen molar-refractivity contribution in [2.45, 2.75) is 70.2 Å².